The first-order chi connectivity index (χ1) is 7.79. The summed E-state index contributed by atoms with van der Waals surface area (Å²) in [4.78, 5) is 0. The van der Waals surface area contributed by atoms with E-state index < -0.39 is 0 Å². The normalized spacial score (nSPS) is 9.75. The van der Waals surface area contributed by atoms with Crippen molar-refractivity contribution in [1.82, 2.24) is 0 Å². The summed E-state index contributed by atoms with van der Waals surface area (Å²) >= 11 is 0. The van der Waals surface area contributed by atoms with Crippen LogP contribution in [0, 0.1) is 17.1 Å². The summed E-state index contributed by atoms with van der Waals surface area (Å²) in [6.45, 7) is 0. The highest BCUT2D eigenvalue weighted by Crippen LogP contribution is 2.20. The molecule has 16 heavy (non-hydrogen) atoms. The number of hydrogen-bond acceptors (Lipinski definition) is 1. The molecule has 78 valence electrons. The topological polar surface area (TPSA) is 23.8 Å². The first-order valence-corrected chi connectivity index (χ1v) is 5.01. The van der Waals surface area contributed by atoms with Gasteiger partial charge in [-0.1, -0.05) is 36.4 Å². The molecule has 2 heteroatoms. The number of halogens is 1. The Labute approximate surface area is 93.8 Å². The average Bonchev–Trinajstić information content (AvgIpc) is 2.32. The zero-order chi connectivity index (χ0) is 11.4. The van der Waals surface area contributed by atoms with Crippen LogP contribution in [0.15, 0.2) is 48.5 Å². The third-order valence-corrected chi connectivity index (χ3v) is 2.41. The average molecular weight is 211 g/mol. The van der Waals surface area contributed by atoms with E-state index in [0.717, 1.165) is 16.7 Å². The Morgan fingerprint density at radius 3 is 1.88 bits per heavy atom. The van der Waals surface area contributed by atoms with Crippen LogP contribution in [0.4, 0.5) is 4.39 Å². The summed E-state index contributed by atoms with van der Waals surface area (Å²) < 4.78 is 12.7. The standard InChI is InChI=1S/C14H10FN/c15-14-7-5-13(6-8-14)12-3-1-11(2-4-12)9-10-16/h1-8H,9H2. The summed E-state index contributed by atoms with van der Waals surface area (Å²) in [5.41, 5.74) is 3.00. The lowest BCUT2D eigenvalue weighted by Gasteiger charge is -2.02. The van der Waals surface area contributed by atoms with Gasteiger partial charge < -0.3 is 0 Å². The van der Waals surface area contributed by atoms with Crippen LogP contribution in [-0.2, 0) is 6.42 Å². The molecule has 0 saturated carbocycles. The Balaban J connectivity index is 2.28. The van der Waals surface area contributed by atoms with Crippen LogP contribution >= 0.6 is 0 Å². The molecule has 0 saturated heterocycles. The minimum Gasteiger partial charge on any atom is -0.207 e. The number of hydrogen-bond donors (Lipinski definition) is 0. The summed E-state index contributed by atoms with van der Waals surface area (Å²) in [6, 6.07) is 16.2. The number of rotatable bonds is 2. The maximum Gasteiger partial charge on any atom is 0.123 e. The number of nitriles is 1. The van der Waals surface area contributed by atoms with E-state index in [2.05, 4.69) is 6.07 Å². The fourth-order valence-electron chi connectivity index (χ4n) is 1.55. The second-order valence-corrected chi connectivity index (χ2v) is 3.54. The largest absolute Gasteiger partial charge is 0.207 e. The number of nitrogens with zero attached hydrogens (tertiary/aromatic N) is 1. The Morgan fingerprint density at radius 1 is 0.875 bits per heavy atom. The molecule has 0 N–H and O–H groups in total. The third-order valence-electron chi connectivity index (χ3n) is 2.41. The molecule has 0 radical (unpaired) electrons. The van der Waals surface area contributed by atoms with E-state index in [1.165, 1.54) is 12.1 Å². The highest BCUT2D eigenvalue weighted by molar-refractivity contribution is 5.63. The minimum atomic E-state index is -0.232. The van der Waals surface area contributed by atoms with Crippen LogP contribution < -0.4 is 0 Å². The van der Waals surface area contributed by atoms with Gasteiger partial charge in [-0.05, 0) is 28.8 Å². The van der Waals surface area contributed by atoms with E-state index in [4.69, 9.17) is 5.26 Å². The zero-order valence-corrected chi connectivity index (χ0v) is 8.65. The second kappa shape index (κ2) is 4.59. The monoisotopic (exact) mass is 211 g/mol. The molecule has 0 aliphatic heterocycles. The van der Waals surface area contributed by atoms with Crippen LogP contribution in [-0.4, -0.2) is 0 Å². The molecule has 0 atom stereocenters. The van der Waals surface area contributed by atoms with Gasteiger partial charge in [0.05, 0.1) is 12.5 Å². The molecular weight excluding hydrogens is 201 g/mol. The van der Waals surface area contributed by atoms with Crippen molar-refractivity contribution in [2.75, 3.05) is 0 Å². The molecule has 0 aliphatic rings. The van der Waals surface area contributed by atoms with Gasteiger partial charge in [0.15, 0.2) is 0 Å². The van der Waals surface area contributed by atoms with Crippen molar-refractivity contribution in [3.05, 3.63) is 59.9 Å². The van der Waals surface area contributed by atoms with Gasteiger partial charge in [-0.2, -0.15) is 5.26 Å². The zero-order valence-electron chi connectivity index (χ0n) is 8.65. The fraction of sp³-hybridized carbons (Fsp3) is 0.0714. The molecule has 0 aromatic heterocycles. The van der Waals surface area contributed by atoms with E-state index in [1.54, 1.807) is 12.1 Å². The molecule has 2 aromatic carbocycles. The van der Waals surface area contributed by atoms with Crippen LogP contribution in [0.1, 0.15) is 5.56 Å². The smallest absolute Gasteiger partial charge is 0.123 e. The van der Waals surface area contributed by atoms with Crippen LogP contribution in [0.2, 0.25) is 0 Å². The van der Waals surface area contributed by atoms with Crippen molar-refractivity contribution in [3.63, 3.8) is 0 Å². The Morgan fingerprint density at radius 2 is 1.38 bits per heavy atom. The van der Waals surface area contributed by atoms with E-state index in [1.807, 2.05) is 24.3 Å². The van der Waals surface area contributed by atoms with E-state index in [-0.39, 0.29) is 5.82 Å². The van der Waals surface area contributed by atoms with Gasteiger partial charge in [-0.25, -0.2) is 4.39 Å². The molecule has 0 unspecified atom stereocenters. The van der Waals surface area contributed by atoms with Crippen LogP contribution in [0.25, 0.3) is 11.1 Å². The minimum absolute atomic E-state index is 0.232. The predicted octanol–water partition coefficient (Wildman–Crippen LogP) is 3.56. The maximum absolute atomic E-state index is 12.7. The van der Waals surface area contributed by atoms with E-state index >= 15 is 0 Å². The summed E-state index contributed by atoms with van der Waals surface area (Å²) in [5, 5.41) is 8.54. The summed E-state index contributed by atoms with van der Waals surface area (Å²) in [7, 11) is 0. The van der Waals surface area contributed by atoms with Crippen molar-refractivity contribution >= 4 is 0 Å². The van der Waals surface area contributed by atoms with Crippen molar-refractivity contribution < 1.29 is 4.39 Å². The lowest BCUT2D eigenvalue weighted by atomic mass is 10.0. The van der Waals surface area contributed by atoms with Crippen molar-refractivity contribution in [2.45, 2.75) is 6.42 Å². The predicted molar refractivity (Wildman–Crippen MR) is 61.2 cm³/mol. The van der Waals surface area contributed by atoms with E-state index in [9.17, 15) is 4.39 Å². The molecule has 0 fully saturated rings. The quantitative estimate of drug-likeness (QED) is 0.745. The Bertz CT molecular complexity index is 506. The number of benzene rings is 2. The Kier molecular flexibility index (Phi) is 2.98. The highest BCUT2D eigenvalue weighted by atomic mass is 19.1. The maximum atomic E-state index is 12.7. The first kappa shape index (κ1) is 10.4. The van der Waals surface area contributed by atoms with Gasteiger partial charge >= 0.3 is 0 Å². The van der Waals surface area contributed by atoms with Crippen molar-refractivity contribution in [1.29, 1.82) is 5.26 Å². The fourth-order valence-corrected chi connectivity index (χ4v) is 1.55. The molecule has 0 spiro atoms. The summed E-state index contributed by atoms with van der Waals surface area (Å²) in [6.07, 6.45) is 0.420. The van der Waals surface area contributed by atoms with Gasteiger partial charge in [-0.15, -0.1) is 0 Å². The molecule has 0 bridgehead atoms. The second-order valence-electron chi connectivity index (χ2n) is 3.54. The molecule has 0 aliphatic carbocycles. The Hall–Kier alpha value is -2.14. The van der Waals surface area contributed by atoms with Gasteiger partial charge in [0.25, 0.3) is 0 Å². The third kappa shape index (κ3) is 2.26. The van der Waals surface area contributed by atoms with Crippen LogP contribution in [0.5, 0.6) is 0 Å². The molecule has 1 nitrogen and oxygen atoms in total. The van der Waals surface area contributed by atoms with Gasteiger partial charge in [0.2, 0.25) is 0 Å². The highest BCUT2D eigenvalue weighted by Gasteiger charge is 1.98. The van der Waals surface area contributed by atoms with Crippen LogP contribution in [0.3, 0.4) is 0 Å². The van der Waals surface area contributed by atoms with Crippen molar-refractivity contribution in [2.24, 2.45) is 0 Å². The lowest BCUT2D eigenvalue weighted by Crippen LogP contribution is -1.82. The lowest BCUT2D eigenvalue weighted by molar-refractivity contribution is 0.628. The molecule has 2 aromatic rings. The molecule has 0 heterocycles. The molecular formula is C14H10FN. The molecule has 0 amide bonds. The van der Waals surface area contributed by atoms with Crippen molar-refractivity contribution in [3.8, 4) is 17.2 Å². The SMILES string of the molecule is N#CCc1ccc(-c2ccc(F)cc2)cc1. The summed E-state index contributed by atoms with van der Waals surface area (Å²) in [5.74, 6) is -0.232. The van der Waals surface area contributed by atoms with E-state index in [0.29, 0.717) is 6.42 Å². The molecule has 2 rings (SSSR count). The first-order valence-electron chi connectivity index (χ1n) is 5.01. The van der Waals surface area contributed by atoms with Gasteiger partial charge in [-0.3, -0.25) is 0 Å². The van der Waals surface area contributed by atoms with Gasteiger partial charge in [0, 0.05) is 0 Å². The van der Waals surface area contributed by atoms with Gasteiger partial charge in [0.1, 0.15) is 5.82 Å².